The SMILES string of the molecule is C=CCOc1ccc(-n2c(C)cc(/C=N/NC(=O)C(O)(c3ccccc3)c3ccccc3)c2C)cc1. The van der Waals surface area contributed by atoms with Gasteiger partial charge in [0.05, 0.1) is 6.21 Å². The molecule has 6 nitrogen and oxygen atoms in total. The van der Waals surface area contributed by atoms with Gasteiger partial charge in [-0.15, -0.1) is 0 Å². The number of rotatable bonds is 9. The molecule has 0 spiro atoms. The molecule has 182 valence electrons. The minimum Gasteiger partial charge on any atom is -0.490 e. The van der Waals surface area contributed by atoms with Crippen LogP contribution in [0.2, 0.25) is 0 Å². The molecule has 6 heteroatoms. The van der Waals surface area contributed by atoms with Crippen molar-refractivity contribution in [3.8, 4) is 11.4 Å². The predicted molar refractivity (Wildman–Crippen MR) is 143 cm³/mol. The largest absolute Gasteiger partial charge is 0.490 e. The number of ether oxygens (including phenoxy) is 1. The van der Waals surface area contributed by atoms with E-state index < -0.39 is 11.5 Å². The Labute approximate surface area is 211 Å². The molecule has 0 saturated carbocycles. The lowest BCUT2D eigenvalue weighted by Crippen LogP contribution is -2.43. The minimum atomic E-state index is -1.88. The highest BCUT2D eigenvalue weighted by Gasteiger charge is 2.39. The summed E-state index contributed by atoms with van der Waals surface area (Å²) in [4.78, 5) is 13.2. The number of benzene rings is 3. The van der Waals surface area contributed by atoms with Gasteiger partial charge in [-0.2, -0.15) is 5.10 Å². The number of carbonyl (C=O) groups excluding carboxylic acids is 1. The monoisotopic (exact) mass is 479 g/mol. The van der Waals surface area contributed by atoms with Gasteiger partial charge in [-0.25, -0.2) is 5.43 Å². The van der Waals surface area contributed by atoms with Crippen molar-refractivity contribution in [1.82, 2.24) is 9.99 Å². The van der Waals surface area contributed by atoms with Gasteiger partial charge in [-0.1, -0.05) is 73.3 Å². The summed E-state index contributed by atoms with van der Waals surface area (Å²) in [6.45, 7) is 8.12. The van der Waals surface area contributed by atoms with Crippen molar-refractivity contribution >= 4 is 12.1 Å². The van der Waals surface area contributed by atoms with Gasteiger partial charge in [0, 0.05) is 22.6 Å². The van der Waals surface area contributed by atoms with Crippen LogP contribution in [0, 0.1) is 13.8 Å². The molecule has 4 rings (SSSR count). The van der Waals surface area contributed by atoms with Crippen LogP contribution in [-0.4, -0.2) is 28.4 Å². The van der Waals surface area contributed by atoms with Crippen LogP contribution in [0.5, 0.6) is 5.75 Å². The zero-order valence-electron chi connectivity index (χ0n) is 20.4. The fraction of sp³-hybridized carbons (Fsp3) is 0.133. The van der Waals surface area contributed by atoms with E-state index in [1.54, 1.807) is 60.8 Å². The second-order valence-corrected chi connectivity index (χ2v) is 8.40. The van der Waals surface area contributed by atoms with Gasteiger partial charge in [0.25, 0.3) is 5.91 Å². The van der Waals surface area contributed by atoms with E-state index in [0.29, 0.717) is 17.7 Å². The zero-order chi connectivity index (χ0) is 25.5. The summed E-state index contributed by atoms with van der Waals surface area (Å²) >= 11 is 0. The van der Waals surface area contributed by atoms with Crippen LogP contribution >= 0.6 is 0 Å². The highest BCUT2D eigenvalue weighted by Crippen LogP contribution is 2.30. The third kappa shape index (κ3) is 4.99. The fourth-order valence-electron chi connectivity index (χ4n) is 4.19. The fourth-order valence-corrected chi connectivity index (χ4v) is 4.19. The number of aliphatic hydroxyl groups is 1. The van der Waals surface area contributed by atoms with E-state index >= 15 is 0 Å². The lowest BCUT2D eigenvalue weighted by Gasteiger charge is -2.27. The van der Waals surface area contributed by atoms with E-state index in [1.165, 1.54) is 0 Å². The van der Waals surface area contributed by atoms with E-state index in [1.807, 2.05) is 56.3 Å². The number of amides is 1. The Morgan fingerprint density at radius 2 is 1.58 bits per heavy atom. The van der Waals surface area contributed by atoms with Crippen molar-refractivity contribution in [3.05, 3.63) is 132 Å². The molecule has 0 unspecified atom stereocenters. The van der Waals surface area contributed by atoms with Crippen LogP contribution in [-0.2, 0) is 10.4 Å². The van der Waals surface area contributed by atoms with Crippen molar-refractivity contribution in [2.75, 3.05) is 6.61 Å². The molecule has 1 heterocycles. The summed E-state index contributed by atoms with van der Waals surface area (Å²) in [5.74, 6) is 0.134. The first-order valence-corrected chi connectivity index (χ1v) is 11.6. The molecule has 0 fully saturated rings. The van der Waals surface area contributed by atoms with Crippen LogP contribution in [0.4, 0.5) is 0 Å². The Morgan fingerprint density at radius 3 is 2.14 bits per heavy atom. The van der Waals surface area contributed by atoms with Crippen molar-refractivity contribution in [2.24, 2.45) is 5.10 Å². The molecular weight excluding hydrogens is 450 g/mol. The number of hydrogen-bond donors (Lipinski definition) is 2. The van der Waals surface area contributed by atoms with Crippen LogP contribution < -0.4 is 10.2 Å². The number of nitrogens with one attached hydrogen (secondary N) is 1. The van der Waals surface area contributed by atoms with Crippen LogP contribution in [0.3, 0.4) is 0 Å². The summed E-state index contributed by atoms with van der Waals surface area (Å²) in [5, 5.41) is 15.7. The van der Waals surface area contributed by atoms with E-state index in [-0.39, 0.29) is 0 Å². The van der Waals surface area contributed by atoms with Gasteiger partial charge in [-0.3, -0.25) is 4.79 Å². The lowest BCUT2D eigenvalue weighted by atomic mass is 9.85. The molecule has 1 amide bonds. The Hall–Kier alpha value is -4.42. The van der Waals surface area contributed by atoms with Crippen LogP contribution in [0.15, 0.2) is 109 Å². The van der Waals surface area contributed by atoms with E-state index in [2.05, 4.69) is 21.7 Å². The molecule has 0 aliphatic rings. The molecule has 0 radical (unpaired) electrons. The Balaban J connectivity index is 1.56. The maximum Gasteiger partial charge on any atom is 0.281 e. The summed E-state index contributed by atoms with van der Waals surface area (Å²) < 4.78 is 7.67. The number of aromatic nitrogens is 1. The van der Waals surface area contributed by atoms with Crippen LogP contribution in [0.25, 0.3) is 5.69 Å². The number of hydrogen-bond acceptors (Lipinski definition) is 4. The van der Waals surface area contributed by atoms with E-state index in [9.17, 15) is 9.90 Å². The molecule has 0 aliphatic heterocycles. The number of aryl methyl sites for hydroxylation is 1. The standard InChI is InChI=1S/C30H29N3O3/c1-4-19-36-28-17-15-27(16-18-28)33-22(2)20-24(23(33)3)21-31-32-29(34)30(35,25-11-7-5-8-12-25)26-13-9-6-10-14-26/h4-18,20-21,35H,1,19H2,2-3H3,(H,32,34)/b31-21+. The highest BCUT2D eigenvalue weighted by atomic mass is 16.5. The second kappa shape index (κ2) is 10.9. The summed E-state index contributed by atoms with van der Waals surface area (Å²) in [7, 11) is 0. The number of hydrazone groups is 1. The van der Waals surface area contributed by atoms with Gasteiger partial charge < -0.3 is 14.4 Å². The van der Waals surface area contributed by atoms with Gasteiger partial charge in [0.1, 0.15) is 12.4 Å². The minimum absolute atomic E-state index is 0.455. The number of carbonyl (C=O) groups is 1. The van der Waals surface area contributed by atoms with Crippen molar-refractivity contribution < 1.29 is 14.6 Å². The molecule has 36 heavy (non-hydrogen) atoms. The second-order valence-electron chi connectivity index (χ2n) is 8.40. The van der Waals surface area contributed by atoms with Gasteiger partial charge in [-0.05, 0) is 55.3 Å². The van der Waals surface area contributed by atoms with Gasteiger partial charge in [0.15, 0.2) is 5.60 Å². The Bertz CT molecular complexity index is 1320. The van der Waals surface area contributed by atoms with Crippen molar-refractivity contribution in [1.29, 1.82) is 0 Å². The molecule has 0 aliphatic carbocycles. The first-order chi connectivity index (χ1) is 17.4. The average molecular weight is 480 g/mol. The first kappa shape index (κ1) is 24.7. The molecule has 1 aromatic heterocycles. The first-order valence-electron chi connectivity index (χ1n) is 11.6. The topological polar surface area (TPSA) is 75.8 Å². The molecule has 2 N–H and O–H groups in total. The molecule has 0 atom stereocenters. The molecule has 3 aromatic carbocycles. The quantitative estimate of drug-likeness (QED) is 0.201. The zero-order valence-corrected chi connectivity index (χ0v) is 20.4. The average Bonchev–Trinajstić information content (AvgIpc) is 3.20. The van der Waals surface area contributed by atoms with Gasteiger partial charge >= 0.3 is 0 Å². The molecule has 4 aromatic rings. The number of nitrogens with zero attached hydrogens (tertiary/aromatic N) is 2. The smallest absolute Gasteiger partial charge is 0.281 e. The highest BCUT2D eigenvalue weighted by molar-refractivity contribution is 5.91. The summed E-state index contributed by atoms with van der Waals surface area (Å²) in [5.41, 5.74) is 5.40. The maximum atomic E-state index is 13.2. The van der Waals surface area contributed by atoms with E-state index in [4.69, 9.17) is 4.74 Å². The van der Waals surface area contributed by atoms with Gasteiger partial charge in [0.2, 0.25) is 0 Å². The molecule has 0 bridgehead atoms. The van der Waals surface area contributed by atoms with Crippen LogP contribution in [0.1, 0.15) is 28.1 Å². The third-order valence-corrected chi connectivity index (χ3v) is 6.01. The summed E-state index contributed by atoms with van der Waals surface area (Å²) in [6.07, 6.45) is 3.30. The Morgan fingerprint density at radius 1 is 1.00 bits per heavy atom. The lowest BCUT2D eigenvalue weighted by molar-refractivity contribution is -0.136. The third-order valence-electron chi connectivity index (χ3n) is 6.01. The molecule has 0 saturated heterocycles. The Kier molecular flexibility index (Phi) is 7.47. The molecular formula is C30H29N3O3. The predicted octanol–water partition coefficient (Wildman–Crippen LogP) is 5.05. The van der Waals surface area contributed by atoms with Crippen molar-refractivity contribution in [3.63, 3.8) is 0 Å². The maximum absolute atomic E-state index is 13.2. The normalized spacial score (nSPS) is 11.4. The van der Waals surface area contributed by atoms with E-state index in [0.717, 1.165) is 28.4 Å². The van der Waals surface area contributed by atoms with Crippen molar-refractivity contribution in [2.45, 2.75) is 19.4 Å². The summed E-state index contributed by atoms with van der Waals surface area (Å²) in [6, 6.07) is 27.5.